The lowest BCUT2D eigenvalue weighted by Gasteiger charge is -2.25. The normalized spacial score (nSPS) is 14.4. The molecule has 0 fully saturated rings. The van der Waals surface area contributed by atoms with Gasteiger partial charge in [-0.25, -0.2) is 0 Å². The van der Waals surface area contributed by atoms with Gasteiger partial charge in [0.2, 0.25) is 0 Å². The summed E-state index contributed by atoms with van der Waals surface area (Å²) in [6, 6.07) is 7.74. The van der Waals surface area contributed by atoms with Crippen LogP contribution in [0.4, 0.5) is 0 Å². The van der Waals surface area contributed by atoms with Crippen LogP contribution in [0.5, 0.6) is 0 Å². The Morgan fingerprint density at radius 2 is 2.24 bits per heavy atom. The van der Waals surface area contributed by atoms with Crippen LogP contribution in [0.2, 0.25) is 0 Å². The molecule has 5 nitrogen and oxygen atoms in total. The predicted molar refractivity (Wildman–Crippen MR) is 78.0 cm³/mol. The number of carbonyl (C=O) groups is 1. The number of aromatic amines is 1. The molecule has 0 unspecified atom stereocenters. The number of para-hydroxylation sites is 1. The van der Waals surface area contributed by atoms with E-state index >= 15 is 0 Å². The van der Waals surface area contributed by atoms with Gasteiger partial charge in [-0.1, -0.05) is 18.2 Å². The Balaban J connectivity index is 1.69. The summed E-state index contributed by atoms with van der Waals surface area (Å²) >= 11 is 0. The molecule has 1 aromatic carbocycles. The Morgan fingerprint density at radius 1 is 1.38 bits per heavy atom. The number of aromatic nitrogens is 2. The number of furan rings is 1. The summed E-state index contributed by atoms with van der Waals surface area (Å²) < 4.78 is 5.77. The number of rotatable bonds is 1. The minimum Gasteiger partial charge on any atom is -0.451 e. The highest BCUT2D eigenvalue weighted by molar-refractivity contribution is 5.99. The number of H-pyrrole nitrogens is 1. The zero-order chi connectivity index (χ0) is 14.4. The molecule has 5 heteroatoms. The molecule has 106 valence electrons. The summed E-state index contributed by atoms with van der Waals surface area (Å²) in [6.07, 6.45) is 2.60. The van der Waals surface area contributed by atoms with E-state index in [-0.39, 0.29) is 5.91 Å². The number of hydrogen-bond donors (Lipinski definition) is 1. The molecule has 3 heterocycles. The summed E-state index contributed by atoms with van der Waals surface area (Å²) in [5.74, 6) is 0.402. The largest absolute Gasteiger partial charge is 0.451 e. The zero-order valence-electron chi connectivity index (χ0n) is 11.7. The molecule has 2 aromatic heterocycles. The fourth-order valence-corrected chi connectivity index (χ4v) is 2.92. The average molecular weight is 281 g/mol. The maximum absolute atomic E-state index is 12.7. The van der Waals surface area contributed by atoms with Gasteiger partial charge in [-0.3, -0.25) is 9.89 Å². The predicted octanol–water partition coefficient (Wildman–Crippen LogP) is 2.66. The Hall–Kier alpha value is -2.56. The lowest BCUT2D eigenvalue weighted by Crippen LogP contribution is -2.35. The summed E-state index contributed by atoms with van der Waals surface area (Å²) in [7, 11) is 0. The Morgan fingerprint density at radius 3 is 3.10 bits per heavy atom. The van der Waals surface area contributed by atoms with Crippen LogP contribution in [0.15, 0.2) is 34.9 Å². The minimum atomic E-state index is -0.0458. The van der Waals surface area contributed by atoms with Crippen LogP contribution in [0.3, 0.4) is 0 Å². The van der Waals surface area contributed by atoms with Crippen LogP contribution in [0.25, 0.3) is 11.0 Å². The van der Waals surface area contributed by atoms with Crippen molar-refractivity contribution in [2.45, 2.75) is 19.9 Å². The maximum Gasteiger partial charge on any atom is 0.290 e. The van der Waals surface area contributed by atoms with Crippen molar-refractivity contribution in [2.24, 2.45) is 0 Å². The maximum atomic E-state index is 12.7. The number of fused-ring (bicyclic) bond motifs is 2. The number of nitrogens with zero attached hydrogens (tertiary/aromatic N) is 2. The molecule has 0 spiro atoms. The highest BCUT2D eigenvalue weighted by atomic mass is 16.3. The van der Waals surface area contributed by atoms with Crippen LogP contribution < -0.4 is 0 Å². The minimum absolute atomic E-state index is 0.0458. The molecule has 0 saturated heterocycles. The lowest BCUT2D eigenvalue weighted by molar-refractivity contribution is 0.0703. The van der Waals surface area contributed by atoms with E-state index < -0.39 is 0 Å². The fourth-order valence-electron chi connectivity index (χ4n) is 2.92. The van der Waals surface area contributed by atoms with Crippen molar-refractivity contribution in [3.63, 3.8) is 0 Å². The highest BCUT2D eigenvalue weighted by Crippen LogP contribution is 2.27. The Labute approximate surface area is 121 Å². The van der Waals surface area contributed by atoms with Gasteiger partial charge in [0.1, 0.15) is 5.58 Å². The molecule has 21 heavy (non-hydrogen) atoms. The Bertz CT molecular complexity index is 831. The summed E-state index contributed by atoms with van der Waals surface area (Å²) in [5.41, 5.74) is 3.89. The first-order valence-electron chi connectivity index (χ1n) is 7.02. The van der Waals surface area contributed by atoms with Gasteiger partial charge >= 0.3 is 0 Å². The molecule has 0 atom stereocenters. The topological polar surface area (TPSA) is 62.1 Å². The van der Waals surface area contributed by atoms with Gasteiger partial charge in [0.05, 0.1) is 6.20 Å². The van der Waals surface area contributed by atoms with Gasteiger partial charge in [0, 0.05) is 41.7 Å². The van der Waals surface area contributed by atoms with Gasteiger partial charge in [-0.15, -0.1) is 0 Å². The van der Waals surface area contributed by atoms with E-state index in [1.54, 1.807) is 6.20 Å². The molecule has 0 radical (unpaired) electrons. The number of benzene rings is 1. The SMILES string of the molecule is Cc1c(C(=O)N2CCc3[nH]ncc3C2)oc2ccccc12. The standard InChI is InChI=1S/C16H15N3O2/c1-10-12-4-2-3-5-14(12)21-15(10)16(20)19-7-6-13-11(9-19)8-17-18-13/h2-5,8H,6-7,9H2,1H3,(H,17,18). The number of carbonyl (C=O) groups excluding carboxylic acids is 1. The third-order valence-corrected chi connectivity index (χ3v) is 4.13. The second kappa shape index (κ2) is 4.48. The number of nitrogens with one attached hydrogen (secondary N) is 1. The van der Waals surface area contributed by atoms with Crippen LogP contribution in [-0.4, -0.2) is 27.5 Å². The summed E-state index contributed by atoms with van der Waals surface area (Å²) in [6.45, 7) is 3.21. The van der Waals surface area contributed by atoms with E-state index in [0.29, 0.717) is 18.8 Å². The molecule has 0 bridgehead atoms. The number of hydrogen-bond acceptors (Lipinski definition) is 3. The summed E-state index contributed by atoms with van der Waals surface area (Å²) in [5, 5.41) is 8.02. The van der Waals surface area contributed by atoms with Crippen LogP contribution in [-0.2, 0) is 13.0 Å². The fraction of sp³-hybridized carbons (Fsp3) is 0.250. The summed E-state index contributed by atoms with van der Waals surface area (Å²) in [4.78, 5) is 14.5. The second-order valence-electron chi connectivity index (χ2n) is 5.40. The van der Waals surface area contributed by atoms with E-state index in [1.807, 2.05) is 36.1 Å². The Kier molecular flexibility index (Phi) is 2.60. The quantitative estimate of drug-likeness (QED) is 0.746. The molecule has 0 aliphatic carbocycles. The number of amides is 1. The van der Waals surface area contributed by atoms with E-state index in [4.69, 9.17) is 4.42 Å². The van der Waals surface area contributed by atoms with Crippen molar-refractivity contribution < 1.29 is 9.21 Å². The molecule has 1 amide bonds. The van der Waals surface area contributed by atoms with Crippen molar-refractivity contribution in [1.82, 2.24) is 15.1 Å². The van der Waals surface area contributed by atoms with E-state index in [2.05, 4.69) is 10.2 Å². The van der Waals surface area contributed by atoms with E-state index in [0.717, 1.165) is 34.2 Å². The molecule has 1 N–H and O–H groups in total. The number of aryl methyl sites for hydroxylation is 1. The molecular formula is C16H15N3O2. The van der Waals surface area contributed by atoms with Crippen LogP contribution in [0, 0.1) is 6.92 Å². The lowest BCUT2D eigenvalue weighted by atomic mass is 10.1. The first kappa shape index (κ1) is 12.2. The smallest absolute Gasteiger partial charge is 0.290 e. The first-order valence-corrected chi connectivity index (χ1v) is 7.02. The molecule has 1 aliphatic rings. The van der Waals surface area contributed by atoms with Crippen LogP contribution in [0.1, 0.15) is 27.4 Å². The molecule has 1 aliphatic heterocycles. The van der Waals surface area contributed by atoms with Crippen molar-refractivity contribution in [1.29, 1.82) is 0 Å². The third kappa shape index (κ3) is 1.85. The zero-order valence-corrected chi connectivity index (χ0v) is 11.7. The average Bonchev–Trinajstić information content (AvgIpc) is 3.11. The molecule has 0 saturated carbocycles. The van der Waals surface area contributed by atoms with E-state index in [9.17, 15) is 4.79 Å². The van der Waals surface area contributed by atoms with E-state index in [1.165, 1.54) is 0 Å². The molecule has 4 rings (SSSR count). The van der Waals surface area contributed by atoms with Crippen molar-refractivity contribution in [2.75, 3.05) is 6.54 Å². The van der Waals surface area contributed by atoms with Gasteiger partial charge in [0.25, 0.3) is 5.91 Å². The van der Waals surface area contributed by atoms with Crippen molar-refractivity contribution in [3.05, 3.63) is 53.0 Å². The van der Waals surface area contributed by atoms with Crippen LogP contribution >= 0.6 is 0 Å². The van der Waals surface area contributed by atoms with Gasteiger partial charge in [0.15, 0.2) is 5.76 Å². The molecule has 3 aromatic rings. The second-order valence-corrected chi connectivity index (χ2v) is 5.40. The third-order valence-electron chi connectivity index (χ3n) is 4.13. The monoisotopic (exact) mass is 281 g/mol. The molecular weight excluding hydrogens is 266 g/mol. The van der Waals surface area contributed by atoms with Gasteiger partial charge in [-0.2, -0.15) is 5.10 Å². The van der Waals surface area contributed by atoms with Crippen molar-refractivity contribution in [3.8, 4) is 0 Å². The van der Waals surface area contributed by atoms with Crippen molar-refractivity contribution >= 4 is 16.9 Å². The highest BCUT2D eigenvalue weighted by Gasteiger charge is 2.27. The van der Waals surface area contributed by atoms with Gasteiger partial charge < -0.3 is 9.32 Å². The first-order chi connectivity index (χ1) is 10.2. The van der Waals surface area contributed by atoms with Gasteiger partial charge in [-0.05, 0) is 13.0 Å².